The molecule has 2 aromatic carbocycles. The van der Waals surface area contributed by atoms with Crippen LogP contribution in [0.15, 0.2) is 36.4 Å². The monoisotopic (exact) mass is 390 g/mol. The summed E-state index contributed by atoms with van der Waals surface area (Å²) < 4.78 is 11.7. The summed E-state index contributed by atoms with van der Waals surface area (Å²) in [4.78, 5) is 0. The zero-order valence-corrected chi connectivity index (χ0v) is 17.3. The summed E-state index contributed by atoms with van der Waals surface area (Å²) >= 11 is 0. The van der Waals surface area contributed by atoms with Crippen molar-refractivity contribution in [2.75, 3.05) is 26.3 Å². The van der Waals surface area contributed by atoms with Crippen molar-refractivity contribution in [1.82, 2.24) is 10.6 Å². The zero-order chi connectivity index (χ0) is 20.5. The molecule has 6 nitrogen and oxygen atoms in total. The molecule has 0 fully saturated rings. The molecule has 0 heterocycles. The molecule has 0 aliphatic heterocycles. The van der Waals surface area contributed by atoms with Gasteiger partial charge in [-0.15, -0.1) is 0 Å². The predicted molar refractivity (Wildman–Crippen MR) is 113 cm³/mol. The second kappa shape index (κ2) is 11.2. The molecule has 0 aliphatic carbocycles. The van der Waals surface area contributed by atoms with Crippen LogP contribution in [0, 0.1) is 0 Å². The number of rotatable bonds is 12. The van der Waals surface area contributed by atoms with Crippen molar-refractivity contribution in [3.05, 3.63) is 36.4 Å². The second-order valence-corrected chi connectivity index (χ2v) is 7.66. The largest absolute Gasteiger partial charge is 0.490 e. The Hall–Kier alpha value is -1.86. The molecule has 28 heavy (non-hydrogen) atoms. The minimum absolute atomic E-state index is 0.212. The number of fused-ring (bicyclic) bond motifs is 1. The molecule has 0 spiro atoms. The van der Waals surface area contributed by atoms with Crippen molar-refractivity contribution in [3.63, 3.8) is 0 Å². The molecule has 6 heteroatoms. The first-order chi connectivity index (χ1) is 13.4. The molecular formula is C22H34N2O4. The SMILES string of the molecule is CC(C)NC[C@H](O)COc1ccc(OC[C@@H](O)CNC(C)C)c2ccccc12. The maximum Gasteiger partial charge on any atom is 0.127 e. The first-order valence-electron chi connectivity index (χ1n) is 9.97. The first-order valence-corrected chi connectivity index (χ1v) is 9.97. The average molecular weight is 391 g/mol. The van der Waals surface area contributed by atoms with E-state index in [1.165, 1.54) is 0 Å². The highest BCUT2D eigenvalue weighted by molar-refractivity contribution is 5.93. The highest BCUT2D eigenvalue weighted by Crippen LogP contribution is 2.33. The molecule has 2 rings (SSSR count). The third-order valence-electron chi connectivity index (χ3n) is 4.23. The molecule has 156 valence electrons. The summed E-state index contributed by atoms with van der Waals surface area (Å²) in [5.74, 6) is 1.40. The summed E-state index contributed by atoms with van der Waals surface area (Å²) in [6.45, 7) is 9.54. The number of hydrogen-bond donors (Lipinski definition) is 4. The van der Waals surface area contributed by atoms with Gasteiger partial charge in [0.05, 0.1) is 0 Å². The van der Waals surface area contributed by atoms with E-state index in [-0.39, 0.29) is 13.2 Å². The normalized spacial score (nSPS) is 13.9. The van der Waals surface area contributed by atoms with E-state index in [9.17, 15) is 10.2 Å². The maximum absolute atomic E-state index is 10.1. The number of hydrogen-bond acceptors (Lipinski definition) is 6. The van der Waals surface area contributed by atoms with E-state index < -0.39 is 12.2 Å². The number of nitrogens with one attached hydrogen (secondary N) is 2. The van der Waals surface area contributed by atoms with E-state index in [4.69, 9.17) is 9.47 Å². The molecule has 0 aliphatic rings. The fraction of sp³-hybridized carbons (Fsp3) is 0.545. The zero-order valence-electron chi connectivity index (χ0n) is 17.3. The van der Waals surface area contributed by atoms with Crippen LogP contribution in [0.3, 0.4) is 0 Å². The van der Waals surface area contributed by atoms with Crippen molar-refractivity contribution < 1.29 is 19.7 Å². The Labute approximate surface area is 167 Å². The third-order valence-corrected chi connectivity index (χ3v) is 4.23. The van der Waals surface area contributed by atoms with E-state index >= 15 is 0 Å². The quantitative estimate of drug-likeness (QED) is 0.445. The van der Waals surface area contributed by atoms with Crippen LogP contribution < -0.4 is 20.1 Å². The molecule has 0 radical (unpaired) electrons. The third kappa shape index (κ3) is 7.28. The lowest BCUT2D eigenvalue weighted by Crippen LogP contribution is -2.35. The maximum atomic E-state index is 10.1. The van der Waals surface area contributed by atoms with Gasteiger partial charge in [-0.05, 0) is 12.1 Å². The Morgan fingerprint density at radius 2 is 1.11 bits per heavy atom. The minimum atomic E-state index is -0.583. The number of ether oxygens (including phenoxy) is 2. The fourth-order valence-corrected chi connectivity index (χ4v) is 2.73. The van der Waals surface area contributed by atoms with Crippen LogP contribution in [-0.4, -0.2) is 60.8 Å². The van der Waals surface area contributed by atoms with Crippen molar-refractivity contribution in [3.8, 4) is 11.5 Å². The van der Waals surface area contributed by atoms with E-state index in [1.807, 2.05) is 64.1 Å². The molecule has 0 saturated heterocycles. The van der Waals surface area contributed by atoms with Gasteiger partial charge < -0.3 is 30.3 Å². The summed E-state index contributed by atoms with van der Waals surface area (Å²) in [6.07, 6.45) is -1.17. The van der Waals surface area contributed by atoms with Gasteiger partial charge in [0.25, 0.3) is 0 Å². The van der Waals surface area contributed by atoms with Crippen molar-refractivity contribution in [2.45, 2.75) is 52.0 Å². The van der Waals surface area contributed by atoms with Crippen LogP contribution in [0.25, 0.3) is 10.8 Å². The molecule has 0 saturated carbocycles. The van der Waals surface area contributed by atoms with Gasteiger partial charge in [-0.2, -0.15) is 0 Å². The smallest absolute Gasteiger partial charge is 0.127 e. The average Bonchev–Trinajstić information content (AvgIpc) is 2.67. The highest BCUT2D eigenvalue weighted by atomic mass is 16.5. The lowest BCUT2D eigenvalue weighted by atomic mass is 10.1. The van der Waals surface area contributed by atoms with Crippen LogP contribution in [-0.2, 0) is 0 Å². The van der Waals surface area contributed by atoms with Gasteiger partial charge in [0.15, 0.2) is 0 Å². The van der Waals surface area contributed by atoms with Gasteiger partial charge in [-0.1, -0.05) is 52.0 Å². The van der Waals surface area contributed by atoms with Crippen molar-refractivity contribution >= 4 is 10.8 Å². The molecule has 0 bridgehead atoms. The molecule has 0 aromatic heterocycles. The summed E-state index contributed by atoms with van der Waals surface area (Å²) in [6, 6.07) is 12.1. The Morgan fingerprint density at radius 1 is 0.714 bits per heavy atom. The molecule has 2 aromatic rings. The number of aliphatic hydroxyl groups is 2. The number of aliphatic hydroxyl groups excluding tert-OH is 2. The van der Waals surface area contributed by atoms with E-state index in [0.717, 1.165) is 10.8 Å². The second-order valence-electron chi connectivity index (χ2n) is 7.66. The fourth-order valence-electron chi connectivity index (χ4n) is 2.73. The van der Waals surface area contributed by atoms with Crippen LogP contribution in [0.2, 0.25) is 0 Å². The Morgan fingerprint density at radius 3 is 1.46 bits per heavy atom. The van der Waals surface area contributed by atoms with Gasteiger partial charge >= 0.3 is 0 Å². The summed E-state index contributed by atoms with van der Waals surface area (Å²) in [5, 5.41) is 28.4. The first kappa shape index (κ1) is 22.4. The summed E-state index contributed by atoms with van der Waals surface area (Å²) in [7, 11) is 0. The van der Waals surface area contributed by atoms with Crippen LogP contribution in [0.1, 0.15) is 27.7 Å². The van der Waals surface area contributed by atoms with Crippen molar-refractivity contribution in [2.24, 2.45) is 0 Å². The van der Waals surface area contributed by atoms with Gasteiger partial charge in [0.2, 0.25) is 0 Å². The lowest BCUT2D eigenvalue weighted by Gasteiger charge is -2.18. The minimum Gasteiger partial charge on any atom is -0.490 e. The van der Waals surface area contributed by atoms with Crippen molar-refractivity contribution in [1.29, 1.82) is 0 Å². The number of benzene rings is 2. The molecule has 0 unspecified atom stereocenters. The Balaban J connectivity index is 2.01. The van der Waals surface area contributed by atoms with Gasteiger partial charge in [0, 0.05) is 35.9 Å². The van der Waals surface area contributed by atoms with Crippen LogP contribution in [0.4, 0.5) is 0 Å². The van der Waals surface area contributed by atoms with Crippen LogP contribution in [0.5, 0.6) is 11.5 Å². The topological polar surface area (TPSA) is 83.0 Å². The standard InChI is InChI=1S/C22H34N2O4/c1-15(2)23-11-17(25)13-27-21-9-10-22(20-8-6-5-7-19(20)21)28-14-18(26)12-24-16(3)4/h5-10,15-18,23-26H,11-14H2,1-4H3/t17-,18-/m0/s1. The van der Waals surface area contributed by atoms with E-state index in [2.05, 4.69) is 10.6 Å². The lowest BCUT2D eigenvalue weighted by molar-refractivity contribution is 0.104. The molecule has 0 amide bonds. The van der Waals surface area contributed by atoms with E-state index in [1.54, 1.807) is 0 Å². The molecule has 4 N–H and O–H groups in total. The van der Waals surface area contributed by atoms with Gasteiger partial charge in [-0.3, -0.25) is 0 Å². The van der Waals surface area contributed by atoms with E-state index in [0.29, 0.717) is 36.7 Å². The van der Waals surface area contributed by atoms with Gasteiger partial charge in [0.1, 0.15) is 36.9 Å². The Bertz CT molecular complexity index is 660. The molecular weight excluding hydrogens is 356 g/mol. The highest BCUT2D eigenvalue weighted by Gasteiger charge is 2.12. The predicted octanol–water partition coefficient (Wildman–Crippen LogP) is 2.32. The van der Waals surface area contributed by atoms with Gasteiger partial charge in [-0.25, -0.2) is 0 Å². The molecule has 2 atom stereocenters. The van der Waals surface area contributed by atoms with Crippen LogP contribution >= 0.6 is 0 Å². The summed E-state index contributed by atoms with van der Waals surface area (Å²) in [5.41, 5.74) is 0. The Kier molecular flexibility index (Phi) is 8.99.